The van der Waals surface area contributed by atoms with Crippen molar-refractivity contribution in [1.29, 1.82) is 0 Å². The number of carbonyl (C=O) groups is 1. The smallest absolute Gasteiger partial charge is 0.164 e. The largest absolute Gasteiger partial charge is 0.512 e. The molecule has 0 saturated heterocycles. The number of allylic oxidation sites excluding steroid dienone is 2. The van der Waals surface area contributed by atoms with Crippen LogP contribution in [0.25, 0.3) is 55.3 Å². The number of aryl methyl sites for hydroxylation is 1. The number of aromatic nitrogens is 1. The molecular weight excluding hydrogens is 811 g/mol. The predicted molar refractivity (Wildman–Crippen MR) is 208 cm³/mol. The van der Waals surface area contributed by atoms with Gasteiger partial charge in [-0.2, -0.15) is 0 Å². The van der Waals surface area contributed by atoms with E-state index in [1.54, 1.807) is 6.26 Å². The molecule has 0 aliphatic heterocycles. The average Bonchev–Trinajstić information content (AvgIpc) is 3.73. The molecule has 0 atom stereocenters. The summed E-state index contributed by atoms with van der Waals surface area (Å²) in [6.45, 7) is 20.9. The minimum absolute atomic E-state index is 0. The number of hydrogen-bond acceptors (Lipinski definition) is 5. The van der Waals surface area contributed by atoms with Gasteiger partial charge >= 0.3 is 0 Å². The first-order chi connectivity index (χ1) is 23.7. The second kappa shape index (κ2) is 15.7. The molecular formula is C45H52IrNO4-. The first kappa shape index (κ1) is 39.8. The van der Waals surface area contributed by atoms with Gasteiger partial charge in [0.15, 0.2) is 5.78 Å². The summed E-state index contributed by atoms with van der Waals surface area (Å²) in [4.78, 5) is 16.9. The zero-order valence-corrected chi connectivity index (χ0v) is 34.2. The van der Waals surface area contributed by atoms with Gasteiger partial charge in [-0.1, -0.05) is 104 Å². The van der Waals surface area contributed by atoms with Gasteiger partial charge in [0.05, 0.1) is 6.26 Å². The number of rotatable bonds is 9. The summed E-state index contributed by atoms with van der Waals surface area (Å²) < 4.78 is 12.1. The average molecular weight is 863 g/mol. The fourth-order valence-electron chi connectivity index (χ4n) is 6.27. The predicted octanol–water partition coefficient (Wildman–Crippen LogP) is 13.1. The number of carbonyl (C=O) groups excluding carboxylic acids is 1. The fourth-order valence-corrected chi connectivity index (χ4v) is 6.27. The Labute approximate surface area is 316 Å². The molecule has 1 radical (unpaired) electrons. The number of hydrogen-bond donors (Lipinski definition) is 1. The summed E-state index contributed by atoms with van der Waals surface area (Å²) in [5.74, 6) is 1.08. The number of nitrogens with zero attached hydrogens (tertiary/aromatic N) is 1. The molecule has 0 spiro atoms. The molecule has 0 aliphatic carbocycles. The van der Waals surface area contributed by atoms with Crippen LogP contribution < -0.4 is 0 Å². The van der Waals surface area contributed by atoms with Crippen molar-refractivity contribution in [2.24, 2.45) is 10.8 Å². The standard InChI is InChI=1S/C30H24NO2.C15H28O2.Ir/c1-18-17-32-27-15-20(9-10-23(18)27)26-16-21-11-12-31-28(29(21)33-26)22-13-19-7-5-6-8-24(19)25(14-22)30(2,3)4;1-7-14(5,8-2)12(16)11-13(17)15(6,9-3)10-4;/h5-12,14-17H,1-4H3;11,16H,7-10H2,1-6H3;/q-1;;/b;12-11-;. The van der Waals surface area contributed by atoms with E-state index in [0.29, 0.717) is 0 Å². The van der Waals surface area contributed by atoms with Crippen LogP contribution in [-0.2, 0) is 30.3 Å². The normalized spacial score (nSPS) is 12.5. The van der Waals surface area contributed by atoms with Crippen LogP contribution in [0.3, 0.4) is 0 Å². The summed E-state index contributed by atoms with van der Waals surface area (Å²) >= 11 is 0. The van der Waals surface area contributed by atoms with Gasteiger partial charge in [0, 0.05) is 65.2 Å². The van der Waals surface area contributed by atoms with Crippen LogP contribution in [0, 0.1) is 23.8 Å². The molecule has 1 N–H and O–H groups in total. The third-order valence-corrected chi connectivity index (χ3v) is 10.9. The van der Waals surface area contributed by atoms with E-state index in [1.165, 1.54) is 17.0 Å². The second-order valence-corrected chi connectivity index (χ2v) is 15.1. The summed E-state index contributed by atoms with van der Waals surface area (Å²) in [5.41, 5.74) is 6.17. The van der Waals surface area contributed by atoms with E-state index >= 15 is 0 Å². The van der Waals surface area contributed by atoms with Crippen molar-refractivity contribution >= 4 is 38.5 Å². The zero-order chi connectivity index (χ0) is 36.4. The first-order valence-corrected chi connectivity index (χ1v) is 18.0. The van der Waals surface area contributed by atoms with Crippen LogP contribution in [-0.4, -0.2) is 15.9 Å². The molecule has 0 unspecified atom stereocenters. The Morgan fingerprint density at radius 3 is 2.18 bits per heavy atom. The van der Waals surface area contributed by atoms with Gasteiger partial charge in [0.1, 0.15) is 22.7 Å². The molecule has 51 heavy (non-hydrogen) atoms. The third-order valence-electron chi connectivity index (χ3n) is 10.9. The summed E-state index contributed by atoms with van der Waals surface area (Å²) in [6.07, 6.45) is 8.39. The van der Waals surface area contributed by atoms with Crippen molar-refractivity contribution in [1.82, 2.24) is 4.98 Å². The van der Waals surface area contributed by atoms with E-state index in [2.05, 4.69) is 82.3 Å². The van der Waals surface area contributed by atoms with Gasteiger partial charge < -0.3 is 13.9 Å². The van der Waals surface area contributed by atoms with E-state index in [4.69, 9.17) is 13.8 Å². The Hall–Kier alpha value is -3.99. The molecule has 0 bridgehead atoms. The Morgan fingerprint density at radius 2 is 1.53 bits per heavy atom. The van der Waals surface area contributed by atoms with E-state index in [0.717, 1.165) is 81.2 Å². The van der Waals surface area contributed by atoms with Crippen molar-refractivity contribution < 1.29 is 38.8 Å². The number of ketones is 1. The van der Waals surface area contributed by atoms with E-state index in [1.807, 2.05) is 59.9 Å². The number of benzene rings is 3. The molecule has 6 aromatic rings. The first-order valence-electron chi connectivity index (χ1n) is 18.0. The quantitative estimate of drug-likeness (QED) is 0.0890. The van der Waals surface area contributed by atoms with E-state index in [9.17, 15) is 9.90 Å². The van der Waals surface area contributed by atoms with Gasteiger partial charge in [-0.05, 0) is 61.8 Å². The monoisotopic (exact) mass is 863 g/mol. The number of furan rings is 2. The van der Waals surface area contributed by atoms with E-state index in [-0.39, 0.29) is 47.9 Å². The Kier molecular flexibility index (Phi) is 12.3. The Bertz CT molecular complexity index is 2170. The van der Waals surface area contributed by atoms with Crippen LogP contribution in [0.5, 0.6) is 0 Å². The van der Waals surface area contributed by atoms with Crippen molar-refractivity contribution in [2.75, 3.05) is 0 Å². The van der Waals surface area contributed by atoms with Crippen LogP contribution in [0.1, 0.15) is 99.1 Å². The van der Waals surface area contributed by atoms with Crippen LogP contribution in [0.15, 0.2) is 93.8 Å². The topological polar surface area (TPSA) is 76.5 Å². The van der Waals surface area contributed by atoms with Crippen molar-refractivity contribution in [3.63, 3.8) is 0 Å². The molecule has 3 aromatic heterocycles. The minimum atomic E-state index is -0.337. The summed E-state index contributed by atoms with van der Waals surface area (Å²) in [6, 6.07) is 24.5. The molecule has 3 aromatic carbocycles. The molecule has 0 saturated carbocycles. The third kappa shape index (κ3) is 8.08. The molecule has 6 heteroatoms. The van der Waals surface area contributed by atoms with Gasteiger partial charge in [0.25, 0.3) is 0 Å². The molecule has 6 rings (SSSR count). The molecule has 3 heterocycles. The van der Waals surface area contributed by atoms with Crippen LogP contribution in [0.2, 0.25) is 0 Å². The zero-order valence-electron chi connectivity index (χ0n) is 31.8. The maximum Gasteiger partial charge on any atom is 0.164 e. The fraction of sp³-hybridized carbons (Fsp3) is 0.378. The van der Waals surface area contributed by atoms with Gasteiger partial charge in [0.2, 0.25) is 0 Å². The van der Waals surface area contributed by atoms with Crippen molar-refractivity contribution in [3.8, 4) is 22.6 Å². The molecule has 0 amide bonds. The number of pyridine rings is 1. The summed E-state index contributed by atoms with van der Waals surface area (Å²) in [7, 11) is 0. The molecule has 0 fully saturated rings. The van der Waals surface area contributed by atoms with E-state index < -0.39 is 0 Å². The maximum atomic E-state index is 12.2. The van der Waals surface area contributed by atoms with Crippen LogP contribution in [0.4, 0.5) is 0 Å². The number of aliphatic hydroxyl groups excluding tert-OH is 1. The summed E-state index contributed by atoms with van der Waals surface area (Å²) in [5, 5.41) is 14.6. The second-order valence-electron chi connectivity index (χ2n) is 15.1. The minimum Gasteiger partial charge on any atom is -0.512 e. The Morgan fingerprint density at radius 1 is 0.863 bits per heavy atom. The molecule has 271 valence electrons. The molecule has 5 nitrogen and oxygen atoms in total. The SMILES string of the molecule is CCC(C)(CC)C(=O)/C=C(\O)C(C)(CC)CC.Cc1coc2cc(-c3cc4ccnc(-c5[c-]c6ccccc6c(C(C)(C)C)c5)c4o3)ccc12.[Ir]. The van der Waals surface area contributed by atoms with Gasteiger partial charge in [-0.15, -0.1) is 29.1 Å². The van der Waals surface area contributed by atoms with Crippen molar-refractivity contribution in [3.05, 3.63) is 102 Å². The number of fused-ring (bicyclic) bond motifs is 3. The molecule has 0 aliphatic rings. The Balaban J connectivity index is 0.000000279. The number of aliphatic hydroxyl groups is 1. The maximum absolute atomic E-state index is 12.2. The van der Waals surface area contributed by atoms with Gasteiger partial charge in [-0.3, -0.25) is 9.78 Å². The van der Waals surface area contributed by atoms with Crippen molar-refractivity contribution in [2.45, 2.75) is 100 Å². The van der Waals surface area contributed by atoms with Crippen LogP contribution >= 0.6 is 0 Å². The van der Waals surface area contributed by atoms with Gasteiger partial charge in [-0.25, -0.2) is 0 Å².